The number of alkyl halides is 3. The van der Waals surface area contributed by atoms with E-state index in [0.29, 0.717) is 31.5 Å². The van der Waals surface area contributed by atoms with Crippen LogP contribution >= 0.6 is 12.2 Å². The van der Waals surface area contributed by atoms with Crippen LogP contribution in [0.3, 0.4) is 0 Å². The second kappa shape index (κ2) is 10.3. The Morgan fingerprint density at radius 2 is 1.81 bits per heavy atom. The number of hydrogen-bond donors (Lipinski definition) is 2. The molecular formula is C22H28F3N5S. The van der Waals surface area contributed by atoms with Crippen molar-refractivity contribution in [3.63, 3.8) is 0 Å². The fraction of sp³-hybridized carbons (Fsp3) is 0.500. The van der Waals surface area contributed by atoms with E-state index >= 15 is 0 Å². The molecule has 0 bridgehead atoms. The van der Waals surface area contributed by atoms with E-state index in [0.717, 1.165) is 25.3 Å². The highest BCUT2D eigenvalue weighted by Crippen LogP contribution is 2.32. The minimum atomic E-state index is -4.56. The SMILES string of the molecule is C[C@H]1C[C@H](C)CN(c2cc(C(F)(F)F)nc(NC(=S)NCCCc3ccccc3)n2)C1. The second-order valence-electron chi connectivity index (χ2n) is 8.25. The lowest BCUT2D eigenvalue weighted by Gasteiger charge is -2.36. The van der Waals surface area contributed by atoms with Gasteiger partial charge in [0, 0.05) is 25.7 Å². The quantitative estimate of drug-likeness (QED) is 0.482. The van der Waals surface area contributed by atoms with Crippen molar-refractivity contribution in [1.82, 2.24) is 15.3 Å². The number of nitrogens with one attached hydrogen (secondary N) is 2. The number of nitrogens with zero attached hydrogens (tertiary/aromatic N) is 3. The number of thiocarbonyl (C=S) groups is 1. The molecule has 0 radical (unpaired) electrons. The van der Waals surface area contributed by atoms with Gasteiger partial charge in [0.05, 0.1) is 0 Å². The molecule has 31 heavy (non-hydrogen) atoms. The molecule has 9 heteroatoms. The first-order valence-corrected chi connectivity index (χ1v) is 10.9. The van der Waals surface area contributed by atoms with Gasteiger partial charge in [0.25, 0.3) is 0 Å². The highest BCUT2D eigenvalue weighted by Gasteiger charge is 2.35. The predicted molar refractivity (Wildman–Crippen MR) is 121 cm³/mol. The maximum atomic E-state index is 13.4. The molecule has 1 aliphatic heterocycles. The minimum absolute atomic E-state index is 0.142. The summed E-state index contributed by atoms with van der Waals surface area (Å²) in [6, 6.07) is 11.1. The van der Waals surface area contributed by atoms with Crippen LogP contribution in [0.5, 0.6) is 0 Å². The zero-order valence-corrected chi connectivity index (χ0v) is 18.6. The van der Waals surface area contributed by atoms with Gasteiger partial charge < -0.3 is 15.5 Å². The molecule has 2 heterocycles. The Hall–Kier alpha value is -2.42. The monoisotopic (exact) mass is 451 g/mol. The zero-order valence-electron chi connectivity index (χ0n) is 17.7. The van der Waals surface area contributed by atoms with Gasteiger partial charge in [-0.05, 0) is 48.9 Å². The lowest BCUT2D eigenvalue weighted by molar-refractivity contribution is -0.141. The Morgan fingerprint density at radius 1 is 1.13 bits per heavy atom. The van der Waals surface area contributed by atoms with Gasteiger partial charge in [-0.1, -0.05) is 44.2 Å². The molecule has 168 valence electrons. The Kier molecular flexibility index (Phi) is 7.69. The van der Waals surface area contributed by atoms with Crippen LogP contribution in [-0.2, 0) is 12.6 Å². The summed E-state index contributed by atoms with van der Waals surface area (Å²) in [7, 11) is 0. The molecule has 0 spiro atoms. The fourth-order valence-electron chi connectivity index (χ4n) is 3.93. The van der Waals surface area contributed by atoms with Gasteiger partial charge in [-0.2, -0.15) is 18.2 Å². The number of halogens is 3. The summed E-state index contributed by atoms with van der Waals surface area (Å²) < 4.78 is 40.3. The maximum absolute atomic E-state index is 13.4. The number of piperidine rings is 1. The van der Waals surface area contributed by atoms with Crippen molar-refractivity contribution in [3.05, 3.63) is 47.7 Å². The molecular weight excluding hydrogens is 423 g/mol. The third kappa shape index (κ3) is 7.05. The molecule has 0 amide bonds. The summed E-state index contributed by atoms with van der Waals surface area (Å²) in [6.45, 7) is 6.12. The molecule has 1 aliphatic rings. The van der Waals surface area contributed by atoms with E-state index in [1.807, 2.05) is 23.1 Å². The fourth-order valence-corrected chi connectivity index (χ4v) is 4.13. The Labute approximate surface area is 186 Å². The Morgan fingerprint density at radius 3 is 2.45 bits per heavy atom. The summed E-state index contributed by atoms with van der Waals surface area (Å²) in [4.78, 5) is 9.88. The highest BCUT2D eigenvalue weighted by molar-refractivity contribution is 7.80. The van der Waals surface area contributed by atoms with Gasteiger partial charge in [0.15, 0.2) is 10.8 Å². The van der Waals surface area contributed by atoms with E-state index in [1.165, 1.54) is 5.56 Å². The van der Waals surface area contributed by atoms with Crippen LogP contribution in [0.4, 0.5) is 24.9 Å². The molecule has 1 fully saturated rings. The Bertz CT molecular complexity index is 865. The number of anilines is 2. The van der Waals surface area contributed by atoms with E-state index in [1.54, 1.807) is 0 Å². The normalized spacial score (nSPS) is 19.2. The first kappa shape index (κ1) is 23.2. The predicted octanol–water partition coefficient (Wildman–Crippen LogP) is 4.90. The molecule has 1 aromatic carbocycles. The molecule has 5 nitrogen and oxygen atoms in total. The summed E-state index contributed by atoms with van der Waals surface area (Å²) in [5, 5.41) is 5.95. The summed E-state index contributed by atoms with van der Waals surface area (Å²) in [5.74, 6) is 0.903. The van der Waals surface area contributed by atoms with Gasteiger partial charge in [0.2, 0.25) is 5.95 Å². The van der Waals surface area contributed by atoms with Crippen LogP contribution in [0.2, 0.25) is 0 Å². The summed E-state index contributed by atoms with van der Waals surface area (Å²) in [5.41, 5.74) is 0.247. The van der Waals surface area contributed by atoms with Crippen molar-refractivity contribution >= 4 is 29.1 Å². The molecule has 2 N–H and O–H groups in total. The smallest absolute Gasteiger partial charge is 0.362 e. The molecule has 0 aliphatic carbocycles. The van der Waals surface area contributed by atoms with Crippen molar-refractivity contribution in [3.8, 4) is 0 Å². The van der Waals surface area contributed by atoms with Gasteiger partial charge in [0.1, 0.15) is 5.82 Å². The van der Waals surface area contributed by atoms with E-state index < -0.39 is 11.9 Å². The second-order valence-corrected chi connectivity index (χ2v) is 8.66. The number of hydrogen-bond acceptors (Lipinski definition) is 4. The van der Waals surface area contributed by atoms with Crippen LogP contribution in [0.15, 0.2) is 36.4 Å². The zero-order chi connectivity index (χ0) is 22.4. The summed E-state index contributed by atoms with van der Waals surface area (Å²) in [6.07, 6.45) is -1.79. The van der Waals surface area contributed by atoms with E-state index in [9.17, 15) is 13.2 Å². The van der Waals surface area contributed by atoms with Crippen molar-refractivity contribution in [2.75, 3.05) is 29.9 Å². The van der Waals surface area contributed by atoms with Crippen LogP contribution < -0.4 is 15.5 Å². The van der Waals surface area contributed by atoms with Crippen molar-refractivity contribution in [2.24, 2.45) is 11.8 Å². The van der Waals surface area contributed by atoms with Gasteiger partial charge in [-0.15, -0.1) is 0 Å². The number of aromatic nitrogens is 2. The standard InChI is InChI=1S/C22H28F3N5S/c1-15-11-16(2)14-30(13-15)19-12-18(22(23,24)25)27-20(28-19)29-21(31)26-10-6-9-17-7-4-3-5-8-17/h3-5,7-8,12,15-16H,6,9-11,13-14H2,1-2H3,(H2,26,27,28,29,31)/t15-,16-/m0/s1. The third-order valence-electron chi connectivity index (χ3n) is 5.19. The van der Waals surface area contributed by atoms with E-state index in [2.05, 4.69) is 46.6 Å². The van der Waals surface area contributed by atoms with Gasteiger partial charge in [-0.25, -0.2) is 4.98 Å². The molecule has 2 aromatic rings. The number of benzene rings is 1. The number of rotatable bonds is 6. The van der Waals surface area contributed by atoms with Gasteiger partial charge >= 0.3 is 6.18 Å². The molecule has 0 unspecified atom stereocenters. The lowest BCUT2D eigenvalue weighted by Crippen LogP contribution is -2.39. The summed E-state index contributed by atoms with van der Waals surface area (Å²) >= 11 is 5.24. The molecule has 0 saturated carbocycles. The Balaban J connectivity index is 1.64. The first-order chi connectivity index (χ1) is 14.7. The van der Waals surface area contributed by atoms with Gasteiger partial charge in [-0.3, -0.25) is 0 Å². The first-order valence-electron chi connectivity index (χ1n) is 10.5. The molecule has 1 saturated heterocycles. The molecule has 1 aromatic heterocycles. The van der Waals surface area contributed by atoms with Crippen molar-refractivity contribution in [1.29, 1.82) is 0 Å². The van der Waals surface area contributed by atoms with Crippen LogP contribution in [-0.4, -0.2) is 34.7 Å². The van der Waals surface area contributed by atoms with Crippen molar-refractivity contribution < 1.29 is 13.2 Å². The number of aryl methyl sites for hydroxylation is 1. The van der Waals surface area contributed by atoms with Crippen LogP contribution in [0.1, 0.15) is 37.9 Å². The average molecular weight is 452 g/mol. The molecule has 2 atom stereocenters. The highest BCUT2D eigenvalue weighted by atomic mass is 32.1. The van der Waals surface area contributed by atoms with Crippen LogP contribution in [0.25, 0.3) is 0 Å². The van der Waals surface area contributed by atoms with Crippen LogP contribution in [0, 0.1) is 11.8 Å². The maximum Gasteiger partial charge on any atom is 0.433 e. The largest absolute Gasteiger partial charge is 0.433 e. The van der Waals surface area contributed by atoms with Crippen molar-refractivity contribution in [2.45, 2.75) is 39.3 Å². The van der Waals surface area contributed by atoms with E-state index in [4.69, 9.17) is 12.2 Å². The van der Waals surface area contributed by atoms with E-state index in [-0.39, 0.29) is 16.9 Å². The molecule has 3 rings (SSSR count). The topological polar surface area (TPSA) is 53.1 Å². The third-order valence-corrected chi connectivity index (χ3v) is 5.44. The lowest BCUT2D eigenvalue weighted by atomic mass is 9.92. The average Bonchev–Trinajstić information content (AvgIpc) is 2.70. The minimum Gasteiger partial charge on any atom is -0.362 e.